The molecule has 2 rings (SSSR count). The number of aliphatic hydroxyl groups is 1. The predicted octanol–water partition coefficient (Wildman–Crippen LogP) is 0.338. The Labute approximate surface area is 98.0 Å². The van der Waals surface area contributed by atoms with Gasteiger partial charge >= 0.3 is 5.97 Å². The highest BCUT2D eigenvalue weighted by Crippen LogP contribution is 2.33. The molecule has 0 saturated heterocycles. The minimum Gasteiger partial charge on any atom is -0.497 e. The van der Waals surface area contributed by atoms with E-state index in [0.29, 0.717) is 16.9 Å². The Morgan fingerprint density at radius 2 is 2.12 bits per heavy atom. The van der Waals surface area contributed by atoms with Gasteiger partial charge in [-0.05, 0) is 17.7 Å². The first-order valence-electron chi connectivity index (χ1n) is 5.05. The van der Waals surface area contributed by atoms with Crippen molar-refractivity contribution in [1.29, 1.82) is 0 Å². The molecule has 1 aliphatic carbocycles. The first-order chi connectivity index (χ1) is 8.02. The molecule has 1 aliphatic rings. The molecule has 1 aromatic carbocycles. The molecule has 17 heavy (non-hydrogen) atoms. The van der Waals surface area contributed by atoms with E-state index in [9.17, 15) is 14.7 Å². The number of carbonyl (C=O) groups excluding carboxylic acids is 2. The van der Waals surface area contributed by atoms with E-state index >= 15 is 0 Å². The maximum atomic E-state index is 12.0. The van der Waals surface area contributed by atoms with Crippen LogP contribution in [-0.2, 0) is 16.0 Å². The maximum Gasteiger partial charge on any atom is 0.346 e. The van der Waals surface area contributed by atoms with E-state index in [1.54, 1.807) is 12.1 Å². The lowest BCUT2D eigenvalue weighted by molar-refractivity contribution is -0.156. The maximum absolute atomic E-state index is 12.0. The van der Waals surface area contributed by atoms with Crippen LogP contribution in [0.2, 0.25) is 0 Å². The Morgan fingerprint density at radius 3 is 2.71 bits per heavy atom. The highest BCUT2D eigenvalue weighted by molar-refractivity contribution is 6.18. The van der Waals surface area contributed by atoms with Crippen LogP contribution in [-0.4, -0.2) is 36.7 Å². The third-order valence-corrected chi connectivity index (χ3v) is 2.91. The zero-order valence-corrected chi connectivity index (χ0v) is 9.52. The van der Waals surface area contributed by atoms with Crippen LogP contribution in [0.3, 0.4) is 0 Å². The summed E-state index contributed by atoms with van der Waals surface area (Å²) in [4.78, 5) is 23.4. The SMILES string of the molecule is COC(=O)[C@]1(O)Cc2ccc(OC)cc2C1=O. The fourth-order valence-corrected chi connectivity index (χ4v) is 1.96. The first kappa shape index (κ1) is 11.6. The normalized spacial score (nSPS) is 22.2. The van der Waals surface area contributed by atoms with Crippen LogP contribution >= 0.6 is 0 Å². The first-order valence-corrected chi connectivity index (χ1v) is 5.05. The second-order valence-corrected chi connectivity index (χ2v) is 3.88. The van der Waals surface area contributed by atoms with Crippen molar-refractivity contribution in [2.45, 2.75) is 12.0 Å². The van der Waals surface area contributed by atoms with Gasteiger partial charge in [-0.1, -0.05) is 6.07 Å². The van der Waals surface area contributed by atoms with Crippen molar-refractivity contribution in [2.75, 3.05) is 14.2 Å². The topological polar surface area (TPSA) is 72.8 Å². The number of esters is 1. The average Bonchev–Trinajstić information content (AvgIpc) is 2.61. The van der Waals surface area contributed by atoms with Gasteiger partial charge in [0.2, 0.25) is 11.4 Å². The Kier molecular flexibility index (Phi) is 2.63. The van der Waals surface area contributed by atoms with Gasteiger partial charge in [-0.15, -0.1) is 0 Å². The molecule has 5 heteroatoms. The summed E-state index contributed by atoms with van der Waals surface area (Å²) in [6.45, 7) is 0. The van der Waals surface area contributed by atoms with Gasteiger partial charge < -0.3 is 14.6 Å². The molecule has 90 valence electrons. The minimum absolute atomic E-state index is 0.0577. The van der Waals surface area contributed by atoms with E-state index in [1.165, 1.54) is 13.2 Å². The van der Waals surface area contributed by atoms with E-state index < -0.39 is 17.4 Å². The Bertz CT molecular complexity index is 494. The summed E-state index contributed by atoms with van der Waals surface area (Å²) >= 11 is 0. The smallest absolute Gasteiger partial charge is 0.346 e. The Hall–Kier alpha value is -1.88. The van der Waals surface area contributed by atoms with Gasteiger partial charge in [0, 0.05) is 12.0 Å². The predicted molar refractivity (Wildman–Crippen MR) is 58.0 cm³/mol. The van der Waals surface area contributed by atoms with Crippen molar-refractivity contribution in [3.8, 4) is 5.75 Å². The molecule has 0 unspecified atom stereocenters. The quantitative estimate of drug-likeness (QED) is 0.592. The average molecular weight is 236 g/mol. The van der Waals surface area contributed by atoms with E-state index in [-0.39, 0.29) is 6.42 Å². The van der Waals surface area contributed by atoms with Crippen LogP contribution < -0.4 is 4.74 Å². The minimum atomic E-state index is -2.09. The summed E-state index contributed by atoms with van der Waals surface area (Å²) in [6.07, 6.45) is -0.0577. The number of methoxy groups -OCH3 is 2. The van der Waals surface area contributed by atoms with E-state index in [0.717, 1.165) is 7.11 Å². The number of fused-ring (bicyclic) bond motifs is 1. The lowest BCUT2D eigenvalue weighted by Crippen LogP contribution is -2.45. The summed E-state index contributed by atoms with van der Waals surface area (Å²) in [5.41, 5.74) is -1.18. The molecule has 0 heterocycles. The molecule has 0 aromatic heterocycles. The molecular formula is C12H12O5. The highest BCUT2D eigenvalue weighted by atomic mass is 16.5. The van der Waals surface area contributed by atoms with Crippen molar-refractivity contribution < 1.29 is 24.2 Å². The summed E-state index contributed by atoms with van der Waals surface area (Å²) in [7, 11) is 2.62. The number of hydrogen-bond donors (Lipinski definition) is 1. The fourth-order valence-electron chi connectivity index (χ4n) is 1.96. The summed E-state index contributed by atoms with van der Waals surface area (Å²) < 4.78 is 9.45. The summed E-state index contributed by atoms with van der Waals surface area (Å²) in [5, 5.41) is 10.0. The van der Waals surface area contributed by atoms with Crippen LogP contribution in [0.4, 0.5) is 0 Å². The number of Topliss-reactive ketones (excluding diaryl/α,β-unsaturated/α-hetero) is 1. The molecule has 0 aliphatic heterocycles. The van der Waals surface area contributed by atoms with Crippen molar-refractivity contribution in [1.82, 2.24) is 0 Å². The van der Waals surface area contributed by atoms with E-state index in [2.05, 4.69) is 4.74 Å². The van der Waals surface area contributed by atoms with Gasteiger partial charge in [0.1, 0.15) is 5.75 Å². The molecule has 1 aromatic rings. The molecule has 0 spiro atoms. The lowest BCUT2D eigenvalue weighted by Gasteiger charge is -2.16. The molecular weight excluding hydrogens is 224 g/mol. The van der Waals surface area contributed by atoms with Crippen molar-refractivity contribution in [2.24, 2.45) is 0 Å². The lowest BCUT2D eigenvalue weighted by atomic mass is 10.00. The fraction of sp³-hybridized carbons (Fsp3) is 0.333. The van der Waals surface area contributed by atoms with Crippen molar-refractivity contribution in [3.05, 3.63) is 29.3 Å². The molecule has 0 saturated carbocycles. The summed E-state index contributed by atoms with van der Waals surface area (Å²) in [5.74, 6) is -1.07. The van der Waals surface area contributed by atoms with Gasteiger partial charge in [0.15, 0.2) is 0 Å². The van der Waals surface area contributed by atoms with Gasteiger partial charge in [-0.3, -0.25) is 4.79 Å². The molecule has 0 bridgehead atoms. The Morgan fingerprint density at radius 1 is 1.41 bits per heavy atom. The zero-order chi connectivity index (χ0) is 12.6. The van der Waals surface area contributed by atoms with Crippen LogP contribution in [0.25, 0.3) is 0 Å². The summed E-state index contributed by atoms with van der Waals surface area (Å²) in [6, 6.07) is 4.85. The third kappa shape index (κ3) is 1.59. The molecule has 0 amide bonds. The van der Waals surface area contributed by atoms with Crippen molar-refractivity contribution >= 4 is 11.8 Å². The number of benzene rings is 1. The number of ether oxygens (including phenoxy) is 2. The Balaban J connectivity index is 2.45. The largest absolute Gasteiger partial charge is 0.497 e. The third-order valence-electron chi connectivity index (χ3n) is 2.91. The number of hydrogen-bond acceptors (Lipinski definition) is 5. The van der Waals surface area contributed by atoms with E-state index in [1.807, 2.05) is 0 Å². The molecule has 1 N–H and O–H groups in total. The van der Waals surface area contributed by atoms with E-state index in [4.69, 9.17) is 4.74 Å². The van der Waals surface area contributed by atoms with Gasteiger partial charge in [0.25, 0.3) is 0 Å². The molecule has 5 nitrogen and oxygen atoms in total. The molecule has 0 fully saturated rings. The zero-order valence-electron chi connectivity index (χ0n) is 9.52. The second kappa shape index (κ2) is 3.85. The molecule has 1 atom stereocenters. The monoisotopic (exact) mass is 236 g/mol. The molecule has 0 radical (unpaired) electrons. The number of carbonyl (C=O) groups is 2. The number of ketones is 1. The highest BCUT2D eigenvalue weighted by Gasteiger charge is 2.51. The van der Waals surface area contributed by atoms with Gasteiger partial charge in [-0.25, -0.2) is 4.79 Å². The van der Waals surface area contributed by atoms with Crippen LogP contribution in [0, 0.1) is 0 Å². The van der Waals surface area contributed by atoms with Crippen molar-refractivity contribution in [3.63, 3.8) is 0 Å². The van der Waals surface area contributed by atoms with Gasteiger partial charge in [-0.2, -0.15) is 0 Å². The van der Waals surface area contributed by atoms with Gasteiger partial charge in [0.05, 0.1) is 14.2 Å². The second-order valence-electron chi connectivity index (χ2n) is 3.88. The van der Waals surface area contributed by atoms with Crippen LogP contribution in [0.1, 0.15) is 15.9 Å². The van der Waals surface area contributed by atoms with Crippen LogP contribution in [0.5, 0.6) is 5.75 Å². The standard InChI is InChI=1S/C12H12O5/c1-16-8-4-3-7-6-12(15,11(14)17-2)10(13)9(7)5-8/h3-5,15H,6H2,1-2H3/t12-/m0/s1. The van der Waals surface area contributed by atoms with Crippen LogP contribution in [0.15, 0.2) is 18.2 Å². The number of rotatable bonds is 2.